The fourth-order valence-electron chi connectivity index (χ4n) is 4.93. The maximum absolute atomic E-state index is 14.0. The van der Waals surface area contributed by atoms with Gasteiger partial charge in [-0.2, -0.15) is 0 Å². The molecule has 0 saturated heterocycles. The van der Waals surface area contributed by atoms with Crippen molar-refractivity contribution in [3.8, 4) is 0 Å². The molecule has 1 saturated carbocycles. The van der Waals surface area contributed by atoms with Gasteiger partial charge in [0.05, 0.1) is 0 Å². The van der Waals surface area contributed by atoms with Gasteiger partial charge in [0.1, 0.15) is 5.82 Å². The maximum atomic E-state index is 14.0. The van der Waals surface area contributed by atoms with E-state index in [9.17, 15) is 4.39 Å². The predicted molar refractivity (Wildman–Crippen MR) is 95.3 cm³/mol. The number of hydrogen-bond donors (Lipinski definition) is 0. The maximum Gasteiger partial charge on any atom is 0.126 e. The average Bonchev–Trinajstić information content (AvgIpc) is 2.56. The first kappa shape index (κ1) is 15.2. The fourth-order valence-corrected chi connectivity index (χ4v) is 4.93. The molecule has 23 heavy (non-hydrogen) atoms. The summed E-state index contributed by atoms with van der Waals surface area (Å²) in [5, 5.41) is 2.36. The molecule has 122 valence electrons. The van der Waals surface area contributed by atoms with Crippen LogP contribution in [0.4, 0.5) is 4.39 Å². The highest BCUT2D eigenvalue weighted by atomic mass is 19.1. The second-order valence-corrected chi connectivity index (χ2v) is 8.05. The van der Waals surface area contributed by atoms with Crippen LogP contribution in [0.15, 0.2) is 24.3 Å². The van der Waals surface area contributed by atoms with Crippen molar-refractivity contribution in [3.05, 3.63) is 46.8 Å². The van der Waals surface area contributed by atoms with Crippen LogP contribution in [-0.4, -0.2) is 0 Å². The Balaban J connectivity index is 1.63. The van der Waals surface area contributed by atoms with Crippen LogP contribution in [0, 0.1) is 30.5 Å². The summed E-state index contributed by atoms with van der Waals surface area (Å²) < 4.78 is 14.0. The normalized spacial score (nSPS) is 27.9. The lowest BCUT2D eigenvalue weighted by Gasteiger charge is -2.36. The van der Waals surface area contributed by atoms with Crippen LogP contribution < -0.4 is 0 Å². The Morgan fingerprint density at radius 1 is 0.957 bits per heavy atom. The highest BCUT2D eigenvalue weighted by Gasteiger charge is 2.29. The standard InChI is InChI=1S/C22H27F/c1-14-3-5-16(6-4-14)17-9-10-20-19(12-17)8-7-18-11-15(2)22(23)13-21(18)20/h7-8,11,13-14,16-17H,3-6,9-10,12H2,1-2H3. The molecule has 1 atom stereocenters. The first-order chi connectivity index (χ1) is 11.1. The Labute approximate surface area is 139 Å². The van der Waals surface area contributed by atoms with E-state index in [-0.39, 0.29) is 5.82 Å². The first-order valence-corrected chi connectivity index (χ1v) is 9.32. The van der Waals surface area contributed by atoms with E-state index >= 15 is 0 Å². The number of rotatable bonds is 1. The molecule has 1 unspecified atom stereocenters. The van der Waals surface area contributed by atoms with E-state index in [1.807, 2.05) is 13.0 Å². The quantitative estimate of drug-likeness (QED) is 0.586. The minimum absolute atomic E-state index is 0.0608. The van der Waals surface area contributed by atoms with Gasteiger partial charge in [-0.1, -0.05) is 31.9 Å². The van der Waals surface area contributed by atoms with E-state index < -0.39 is 0 Å². The Bertz CT molecular complexity index is 722. The summed E-state index contributed by atoms with van der Waals surface area (Å²) >= 11 is 0. The van der Waals surface area contributed by atoms with Gasteiger partial charge in [-0.15, -0.1) is 0 Å². The molecule has 2 aromatic carbocycles. The number of hydrogen-bond acceptors (Lipinski definition) is 0. The van der Waals surface area contributed by atoms with Gasteiger partial charge < -0.3 is 0 Å². The Morgan fingerprint density at radius 2 is 1.74 bits per heavy atom. The van der Waals surface area contributed by atoms with Gasteiger partial charge >= 0.3 is 0 Å². The molecule has 2 aliphatic rings. The van der Waals surface area contributed by atoms with Crippen LogP contribution in [0.3, 0.4) is 0 Å². The van der Waals surface area contributed by atoms with Gasteiger partial charge in [-0.25, -0.2) is 4.39 Å². The van der Waals surface area contributed by atoms with Gasteiger partial charge in [-0.05, 0) is 96.4 Å². The molecule has 0 spiro atoms. The Hall–Kier alpha value is -1.37. The van der Waals surface area contributed by atoms with E-state index in [0.29, 0.717) is 0 Å². The van der Waals surface area contributed by atoms with Crippen LogP contribution in [0.25, 0.3) is 10.8 Å². The largest absolute Gasteiger partial charge is 0.207 e. The molecule has 0 aliphatic heterocycles. The van der Waals surface area contributed by atoms with Crippen LogP contribution in [0.1, 0.15) is 55.7 Å². The van der Waals surface area contributed by atoms with E-state index in [1.54, 1.807) is 6.07 Å². The molecule has 2 aliphatic carbocycles. The summed E-state index contributed by atoms with van der Waals surface area (Å²) in [6.45, 7) is 4.25. The van der Waals surface area contributed by atoms with Crippen molar-refractivity contribution < 1.29 is 4.39 Å². The second-order valence-electron chi connectivity index (χ2n) is 8.05. The zero-order chi connectivity index (χ0) is 16.0. The number of aryl methyl sites for hydroxylation is 2. The van der Waals surface area contributed by atoms with E-state index in [1.165, 1.54) is 55.0 Å². The Morgan fingerprint density at radius 3 is 2.52 bits per heavy atom. The number of fused-ring (bicyclic) bond motifs is 3. The molecule has 1 fully saturated rings. The molecule has 2 aromatic rings. The lowest BCUT2D eigenvalue weighted by Crippen LogP contribution is -2.26. The summed E-state index contributed by atoms with van der Waals surface area (Å²) in [7, 11) is 0. The third kappa shape index (κ3) is 2.79. The highest BCUT2D eigenvalue weighted by molar-refractivity contribution is 5.87. The summed E-state index contributed by atoms with van der Waals surface area (Å²) in [6, 6.07) is 8.28. The highest BCUT2D eigenvalue weighted by Crippen LogP contribution is 2.41. The minimum atomic E-state index is -0.0608. The van der Waals surface area contributed by atoms with Gasteiger partial charge in [0.15, 0.2) is 0 Å². The molecular formula is C22H27F. The molecule has 0 amide bonds. The second kappa shape index (κ2) is 5.92. The van der Waals surface area contributed by atoms with Gasteiger partial charge in [0.25, 0.3) is 0 Å². The smallest absolute Gasteiger partial charge is 0.126 e. The lowest BCUT2D eigenvalue weighted by molar-refractivity contribution is 0.197. The molecule has 1 heteroatoms. The number of benzene rings is 2. The third-order valence-corrected chi connectivity index (χ3v) is 6.48. The number of halogens is 1. The molecule has 0 heterocycles. The van der Waals surface area contributed by atoms with E-state index in [0.717, 1.165) is 35.1 Å². The zero-order valence-corrected chi connectivity index (χ0v) is 14.4. The molecule has 0 bridgehead atoms. The topological polar surface area (TPSA) is 0 Å². The van der Waals surface area contributed by atoms with Crippen molar-refractivity contribution in [2.24, 2.45) is 17.8 Å². The van der Waals surface area contributed by atoms with Crippen LogP contribution in [0.2, 0.25) is 0 Å². The van der Waals surface area contributed by atoms with Crippen molar-refractivity contribution in [1.82, 2.24) is 0 Å². The van der Waals surface area contributed by atoms with Gasteiger partial charge in [0.2, 0.25) is 0 Å². The monoisotopic (exact) mass is 310 g/mol. The summed E-state index contributed by atoms with van der Waals surface area (Å²) in [5.74, 6) is 2.64. The van der Waals surface area contributed by atoms with Crippen molar-refractivity contribution in [1.29, 1.82) is 0 Å². The molecule has 0 aromatic heterocycles. The molecule has 0 radical (unpaired) electrons. The van der Waals surface area contributed by atoms with E-state index in [4.69, 9.17) is 0 Å². The minimum Gasteiger partial charge on any atom is -0.207 e. The summed E-state index contributed by atoms with van der Waals surface area (Å²) in [5.41, 5.74) is 3.65. The molecule has 4 rings (SSSR count). The zero-order valence-electron chi connectivity index (χ0n) is 14.4. The lowest BCUT2D eigenvalue weighted by atomic mass is 9.69. The predicted octanol–water partition coefficient (Wildman–Crippen LogP) is 6.22. The van der Waals surface area contributed by atoms with Gasteiger partial charge in [-0.3, -0.25) is 0 Å². The molecule has 0 N–H and O–H groups in total. The SMILES string of the molecule is Cc1cc2ccc3c(c2cc1F)CCC(C1CCC(C)CC1)C3. The van der Waals surface area contributed by atoms with Crippen molar-refractivity contribution >= 4 is 10.8 Å². The average molecular weight is 310 g/mol. The van der Waals surface area contributed by atoms with Crippen LogP contribution in [0.5, 0.6) is 0 Å². The Kier molecular flexibility index (Phi) is 3.91. The van der Waals surface area contributed by atoms with Crippen LogP contribution >= 0.6 is 0 Å². The molecule has 0 nitrogen and oxygen atoms in total. The van der Waals surface area contributed by atoms with Crippen LogP contribution in [-0.2, 0) is 12.8 Å². The third-order valence-electron chi connectivity index (χ3n) is 6.48. The first-order valence-electron chi connectivity index (χ1n) is 9.32. The summed E-state index contributed by atoms with van der Waals surface area (Å²) in [4.78, 5) is 0. The van der Waals surface area contributed by atoms with Gasteiger partial charge in [0, 0.05) is 0 Å². The summed E-state index contributed by atoms with van der Waals surface area (Å²) in [6.07, 6.45) is 9.30. The van der Waals surface area contributed by atoms with Crippen molar-refractivity contribution in [2.75, 3.05) is 0 Å². The van der Waals surface area contributed by atoms with Crippen molar-refractivity contribution in [3.63, 3.8) is 0 Å². The van der Waals surface area contributed by atoms with Crippen molar-refractivity contribution in [2.45, 2.75) is 58.8 Å². The fraction of sp³-hybridized carbons (Fsp3) is 0.545. The molecular weight excluding hydrogens is 283 g/mol. The van der Waals surface area contributed by atoms with E-state index in [2.05, 4.69) is 19.1 Å².